The van der Waals surface area contributed by atoms with Gasteiger partial charge in [0.05, 0.1) is 24.4 Å². The Morgan fingerprint density at radius 3 is 2.76 bits per heavy atom. The van der Waals surface area contributed by atoms with E-state index in [0.29, 0.717) is 36.2 Å². The van der Waals surface area contributed by atoms with E-state index < -0.39 is 5.92 Å². The summed E-state index contributed by atoms with van der Waals surface area (Å²) in [6.45, 7) is 1.29. The number of halogens is 1. The van der Waals surface area contributed by atoms with Crippen LogP contribution in [0.25, 0.3) is 0 Å². The van der Waals surface area contributed by atoms with Crippen molar-refractivity contribution in [1.29, 1.82) is 0 Å². The van der Waals surface area contributed by atoms with Crippen LogP contribution in [0, 0.1) is 5.92 Å². The molecule has 1 fully saturated rings. The lowest BCUT2D eigenvalue weighted by atomic mass is 10.1. The van der Waals surface area contributed by atoms with Crippen LogP contribution >= 0.6 is 22.9 Å². The second kappa shape index (κ2) is 8.87. The smallest absolute Gasteiger partial charge is 0.277 e. The number of thiazole rings is 1. The van der Waals surface area contributed by atoms with E-state index in [1.54, 1.807) is 34.1 Å². The molecule has 1 N–H and O–H groups in total. The summed E-state index contributed by atoms with van der Waals surface area (Å²) in [6.07, 6.45) is 5.12. The Kier molecular flexibility index (Phi) is 5.77. The summed E-state index contributed by atoms with van der Waals surface area (Å²) in [6, 6.07) is 7.04. The number of amides is 3. The number of fused-ring (bicyclic) bond motifs is 1. The van der Waals surface area contributed by atoms with Crippen LogP contribution in [0.15, 0.2) is 42.9 Å². The lowest BCUT2D eigenvalue weighted by molar-refractivity contribution is -0.136. The van der Waals surface area contributed by atoms with Crippen LogP contribution in [0.3, 0.4) is 0 Å². The zero-order valence-corrected chi connectivity index (χ0v) is 19.0. The average Bonchev–Trinajstić information content (AvgIpc) is 3.42. The molecule has 0 spiro atoms. The van der Waals surface area contributed by atoms with Crippen molar-refractivity contribution in [3.05, 3.63) is 64.1 Å². The molecule has 2 aliphatic rings. The highest BCUT2D eigenvalue weighted by atomic mass is 35.5. The number of carbonyl (C=O) groups is 3. The van der Waals surface area contributed by atoms with Gasteiger partial charge in [-0.3, -0.25) is 24.7 Å². The van der Waals surface area contributed by atoms with E-state index in [9.17, 15) is 14.4 Å². The fourth-order valence-corrected chi connectivity index (χ4v) is 5.16. The van der Waals surface area contributed by atoms with Crippen LogP contribution in [-0.2, 0) is 22.6 Å². The summed E-state index contributed by atoms with van der Waals surface area (Å²) >= 11 is 7.29. The number of nitrogens with one attached hydrogen (secondary N) is 1. The van der Waals surface area contributed by atoms with Crippen LogP contribution in [0.4, 0.5) is 10.8 Å². The number of benzene rings is 1. The van der Waals surface area contributed by atoms with E-state index in [0.717, 1.165) is 16.3 Å². The van der Waals surface area contributed by atoms with Gasteiger partial charge in [0.25, 0.3) is 5.91 Å². The van der Waals surface area contributed by atoms with Gasteiger partial charge in [-0.25, -0.2) is 9.97 Å². The number of rotatable bonds is 4. The van der Waals surface area contributed by atoms with Gasteiger partial charge in [-0.2, -0.15) is 0 Å². The molecule has 9 nitrogen and oxygen atoms in total. The number of hydrogen-bond donors (Lipinski definition) is 1. The fraction of sp³-hybridized carbons (Fsp3) is 0.273. The van der Waals surface area contributed by atoms with E-state index in [4.69, 9.17) is 11.6 Å². The van der Waals surface area contributed by atoms with Gasteiger partial charge in [-0.1, -0.05) is 22.9 Å². The van der Waals surface area contributed by atoms with Crippen molar-refractivity contribution >= 4 is 51.5 Å². The molecule has 2 aliphatic heterocycles. The number of carbonyl (C=O) groups excluding carboxylic acids is 3. The van der Waals surface area contributed by atoms with Crippen molar-refractivity contribution in [1.82, 2.24) is 19.9 Å². The fourth-order valence-electron chi connectivity index (χ4n) is 4.02. The summed E-state index contributed by atoms with van der Waals surface area (Å²) in [4.78, 5) is 54.8. The Balaban J connectivity index is 1.24. The van der Waals surface area contributed by atoms with E-state index in [-0.39, 0.29) is 29.8 Å². The summed E-state index contributed by atoms with van der Waals surface area (Å²) in [5.74, 6) is -0.878. The molecule has 1 atom stereocenters. The minimum Gasteiger partial charge on any atom is -0.337 e. The Bertz CT molecular complexity index is 1220. The minimum absolute atomic E-state index is 0.0380. The molecule has 168 valence electrons. The molecule has 0 bridgehead atoms. The third kappa shape index (κ3) is 4.44. The molecule has 0 saturated carbocycles. The highest BCUT2D eigenvalue weighted by Gasteiger charge is 2.38. The minimum atomic E-state index is -0.390. The Hall–Kier alpha value is -3.37. The van der Waals surface area contributed by atoms with Crippen molar-refractivity contribution in [3.8, 4) is 0 Å². The summed E-state index contributed by atoms with van der Waals surface area (Å²) < 4.78 is 0. The van der Waals surface area contributed by atoms with Gasteiger partial charge in [0, 0.05) is 53.9 Å². The molecular weight excluding hydrogens is 464 g/mol. The lowest BCUT2D eigenvalue weighted by Gasteiger charge is -2.28. The topological polar surface area (TPSA) is 108 Å². The molecule has 1 aromatic carbocycles. The Morgan fingerprint density at radius 1 is 1.18 bits per heavy atom. The first-order chi connectivity index (χ1) is 16.0. The maximum absolute atomic E-state index is 13.2. The highest BCUT2D eigenvalue weighted by molar-refractivity contribution is 7.15. The van der Waals surface area contributed by atoms with E-state index in [2.05, 4.69) is 20.3 Å². The predicted molar refractivity (Wildman–Crippen MR) is 123 cm³/mol. The van der Waals surface area contributed by atoms with Crippen LogP contribution in [0.2, 0.25) is 5.02 Å². The molecule has 4 heterocycles. The molecule has 0 radical (unpaired) electrons. The molecule has 1 unspecified atom stereocenters. The standard InChI is InChI=1S/C22H19ClN6O3S/c23-14-1-3-15(4-2-14)29-11-13(9-19(29)30)21(32)28-8-5-16-18(12-28)33-22(26-16)27-20(31)17-10-24-6-7-25-17/h1-4,6-7,10,13H,5,8-9,11-12H2,(H,26,27,31). The van der Waals surface area contributed by atoms with Crippen molar-refractivity contribution in [2.45, 2.75) is 19.4 Å². The zero-order valence-electron chi connectivity index (χ0n) is 17.4. The molecule has 5 rings (SSSR count). The number of nitrogens with zero attached hydrogens (tertiary/aromatic N) is 5. The number of aromatic nitrogens is 3. The highest BCUT2D eigenvalue weighted by Crippen LogP contribution is 2.32. The largest absolute Gasteiger partial charge is 0.337 e. The zero-order chi connectivity index (χ0) is 22.9. The normalized spacial score (nSPS) is 17.7. The second-order valence-electron chi connectivity index (χ2n) is 7.83. The summed E-state index contributed by atoms with van der Waals surface area (Å²) in [5, 5.41) is 3.81. The van der Waals surface area contributed by atoms with Crippen LogP contribution in [0.1, 0.15) is 27.5 Å². The van der Waals surface area contributed by atoms with Crippen molar-refractivity contribution in [3.63, 3.8) is 0 Å². The molecular formula is C22H19ClN6O3S. The maximum Gasteiger partial charge on any atom is 0.277 e. The predicted octanol–water partition coefficient (Wildman–Crippen LogP) is 2.78. The molecule has 3 aromatic rings. The van der Waals surface area contributed by atoms with Crippen molar-refractivity contribution in [2.24, 2.45) is 5.92 Å². The van der Waals surface area contributed by atoms with Gasteiger partial charge in [0.15, 0.2) is 5.13 Å². The Morgan fingerprint density at radius 2 is 2.00 bits per heavy atom. The second-order valence-corrected chi connectivity index (χ2v) is 9.35. The molecule has 3 amide bonds. The quantitative estimate of drug-likeness (QED) is 0.612. The van der Waals surface area contributed by atoms with Crippen LogP contribution in [0.5, 0.6) is 0 Å². The first-order valence-electron chi connectivity index (χ1n) is 10.4. The SMILES string of the molecule is O=C(Nc1nc2c(s1)CN(C(=O)C1CC(=O)N(c3ccc(Cl)cc3)C1)CC2)c1cnccn1. The van der Waals surface area contributed by atoms with Gasteiger partial charge in [0.2, 0.25) is 11.8 Å². The van der Waals surface area contributed by atoms with Gasteiger partial charge >= 0.3 is 0 Å². The lowest BCUT2D eigenvalue weighted by Crippen LogP contribution is -2.40. The number of anilines is 2. The van der Waals surface area contributed by atoms with Crippen LogP contribution in [-0.4, -0.2) is 50.7 Å². The van der Waals surface area contributed by atoms with Crippen LogP contribution < -0.4 is 10.2 Å². The Labute approximate surface area is 198 Å². The van der Waals surface area contributed by atoms with Gasteiger partial charge in [0.1, 0.15) is 5.69 Å². The maximum atomic E-state index is 13.2. The summed E-state index contributed by atoms with van der Waals surface area (Å²) in [7, 11) is 0. The van der Waals surface area contributed by atoms with E-state index in [1.165, 1.54) is 29.9 Å². The first kappa shape index (κ1) is 21.5. The molecule has 1 saturated heterocycles. The third-order valence-corrected chi connectivity index (χ3v) is 6.92. The average molecular weight is 483 g/mol. The monoisotopic (exact) mass is 482 g/mol. The van der Waals surface area contributed by atoms with Crippen molar-refractivity contribution in [2.75, 3.05) is 23.3 Å². The number of hydrogen-bond acceptors (Lipinski definition) is 7. The summed E-state index contributed by atoms with van der Waals surface area (Å²) in [5.41, 5.74) is 1.83. The molecule has 33 heavy (non-hydrogen) atoms. The first-order valence-corrected chi connectivity index (χ1v) is 11.6. The van der Waals surface area contributed by atoms with E-state index in [1.807, 2.05) is 0 Å². The van der Waals surface area contributed by atoms with Crippen molar-refractivity contribution < 1.29 is 14.4 Å². The molecule has 0 aliphatic carbocycles. The van der Waals surface area contributed by atoms with E-state index >= 15 is 0 Å². The third-order valence-electron chi connectivity index (χ3n) is 5.67. The van der Waals surface area contributed by atoms with Gasteiger partial charge in [-0.15, -0.1) is 0 Å². The molecule has 2 aromatic heterocycles. The van der Waals surface area contributed by atoms with Gasteiger partial charge < -0.3 is 9.80 Å². The van der Waals surface area contributed by atoms with Gasteiger partial charge in [-0.05, 0) is 24.3 Å². The molecule has 11 heteroatoms.